The fourth-order valence-electron chi connectivity index (χ4n) is 1.56. The van der Waals surface area contributed by atoms with Gasteiger partial charge >= 0.3 is 5.97 Å². The molecule has 21 heavy (non-hydrogen) atoms. The summed E-state index contributed by atoms with van der Waals surface area (Å²) in [5.74, 6) is -0.403. The smallest absolute Gasteiger partial charge is 0.325 e. The largest absolute Gasteiger partial charge is 0.468 e. The highest BCUT2D eigenvalue weighted by Gasteiger charge is 2.28. The van der Waals surface area contributed by atoms with Crippen LogP contribution in [0.2, 0.25) is 0 Å². The summed E-state index contributed by atoms with van der Waals surface area (Å²) >= 11 is 0. The molecule has 0 spiro atoms. The van der Waals surface area contributed by atoms with Crippen LogP contribution < -0.4 is 5.73 Å². The van der Waals surface area contributed by atoms with Gasteiger partial charge in [-0.25, -0.2) is 0 Å². The third-order valence-electron chi connectivity index (χ3n) is 2.81. The average molecular weight is 307 g/mol. The molecule has 0 saturated carbocycles. The lowest BCUT2D eigenvalue weighted by Crippen LogP contribution is -2.45. The van der Waals surface area contributed by atoms with Crippen LogP contribution in [0.1, 0.15) is 19.8 Å². The van der Waals surface area contributed by atoms with E-state index < -0.39 is 11.5 Å². The molecule has 0 heterocycles. The molecule has 0 radical (unpaired) electrons. The summed E-state index contributed by atoms with van der Waals surface area (Å²) in [6, 6.07) is 0. The van der Waals surface area contributed by atoms with E-state index in [1.54, 1.807) is 14.0 Å². The van der Waals surface area contributed by atoms with Crippen LogP contribution in [0.4, 0.5) is 0 Å². The van der Waals surface area contributed by atoms with Crippen LogP contribution >= 0.6 is 0 Å². The topological polar surface area (TPSA) is 89.2 Å². The first kappa shape index (κ1) is 20.3. The van der Waals surface area contributed by atoms with Crippen molar-refractivity contribution in [2.45, 2.75) is 25.3 Å². The molecule has 0 fully saturated rings. The fraction of sp³-hybridized carbons (Fsp3) is 0.929. The summed E-state index contributed by atoms with van der Waals surface area (Å²) in [7, 11) is 2.97. The van der Waals surface area contributed by atoms with Crippen molar-refractivity contribution >= 4 is 5.97 Å². The fourth-order valence-corrected chi connectivity index (χ4v) is 1.56. The second kappa shape index (κ2) is 13.0. The zero-order chi connectivity index (χ0) is 16.0. The molecule has 0 aliphatic carbocycles. The Bertz CT molecular complexity index is 260. The highest BCUT2D eigenvalue weighted by Crippen LogP contribution is 2.10. The van der Waals surface area contributed by atoms with Crippen molar-refractivity contribution in [2.75, 3.05) is 60.5 Å². The van der Waals surface area contributed by atoms with Crippen molar-refractivity contribution in [3.8, 4) is 0 Å². The highest BCUT2D eigenvalue weighted by atomic mass is 16.6. The van der Waals surface area contributed by atoms with Crippen LogP contribution in [-0.2, 0) is 28.5 Å². The van der Waals surface area contributed by atoms with E-state index >= 15 is 0 Å². The van der Waals surface area contributed by atoms with Gasteiger partial charge in [-0.15, -0.1) is 0 Å². The van der Waals surface area contributed by atoms with E-state index in [0.717, 1.165) is 0 Å². The van der Waals surface area contributed by atoms with E-state index in [0.29, 0.717) is 59.1 Å². The van der Waals surface area contributed by atoms with Crippen molar-refractivity contribution in [1.82, 2.24) is 0 Å². The van der Waals surface area contributed by atoms with Gasteiger partial charge in [-0.2, -0.15) is 0 Å². The molecule has 0 aromatic carbocycles. The number of carbonyl (C=O) groups is 1. The maximum atomic E-state index is 11.3. The van der Waals surface area contributed by atoms with Crippen molar-refractivity contribution in [1.29, 1.82) is 0 Å². The van der Waals surface area contributed by atoms with Gasteiger partial charge in [-0.1, -0.05) is 0 Å². The summed E-state index contributed by atoms with van der Waals surface area (Å²) in [5.41, 5.74) is 4.87. The molecule has 0 saturated heterocycles. The molecule has 0 amide bonds. The van der Waals surface area contributed by atoms with E-state index in [-0.39, 0.29) is 0 Å². The molecule has 0 bridgehead atoms. The third kappa shape index (κ3) is 11.6. The minimum absolute atomic E-state index is 0.403. The Labute approximate surface area is 127 Å². The van der Waals surface area contributed by atoms with Gasteiger partial charge in [-0.05, 0) is 19.8 Å². The predicted molar refractivity (Wildman–Crippen MR) is 78.2 cm³/mol. The lowest BCUT2D eigenvalue weighted by Gasteiger charge is -2.20. The van der Waals surface area contributed by atoms with Crippen molar-refractivity contribution in [3.63, 3.8) is 0 Å². The second-order valence-corrected chi connectivity index (χ2v) is 4.84. The van der Waals surface area contributed by atoms with Gasteiger partial charge in [0.05, 0.1) is 46.8 Å². The Morgan fingerprint density at radius 2 is 1.38 bits per heavy atom. The monoisotopic (exact) mass is 307 g/mol. The van der Waals surface area contributed by atoms with Gasteiger partial charge < -0.3 is 29.4 Å². The van der Waals surface area contributed by atoms with Crippen molar-refractivity contribution < 1.29 is 28.5 Å². The number of carbonyl (C=O) groups excluding carboxylic acids is 1. The summed E-state index contributed by atoms with van der Waals surface area (Å²) in [6.07, 6.45) is 1.22. The Kier molecular flexibility index (Phi) is 12.5. The quantitative estimate of drug-likeness (QED) is 0.366. The number of nitrogens with two attached hydrogens (primary N) is 1. The zero-order valence-electron chi connectivity index (χ0n) is 13.4. The molecule has 0 aliphatic heterocycles. The molecule has 0 rings (SSSR count). The maximum Gasteiger partial charge on any atom is 0.325 e. The minimum atomic E-state index is -0.950. The lowest BCUT2D eigenvalue weighted by molar-refractivity contribution is -0.146. The first-order chi connectivity index (χ1) is 10.0. The molecule has 0 aromatic rings. The van der Waals surface area contributed by atoms with Gasteiger partial charge in [0.25, 0.3) is 0 Å². The highest BCUT2D eigenvalue weighted by molar-refractivity contribution is 5.79. The molecule has 126 valence electrons. The van der Waals surface area contributed by atoms with Crippen LogP contribution in [0.25, 0.3) is 0 Å². The first-order valence-electron chi connectivity index (χ1n) is 7.14. The first-order valence-corrected chi connectivity index (χ1v) is 7.14. The molecule has 1 unspecified atom stereocenters. The van der Waals surface area contributed by atoms with Gasteiger partial charge in [0.2, 0.25) is 0 Å². The Balaban J connectivity index is 3.28. The molecule has 1 atom stereocenters. The van der Waals surface area contributed by atoms with Gasteiger partial charge in [0, 0.05) is 13.7 Å². The number of hydrogen-bond acceptors (Lipinski definition) is 7. The van der Waals surface area contributed by atoms with Crippen LogP contribution in [0, 0.1) is 0 Å². The molecule has 7 nitrogen and oxygen atoms in total. The summed E-state index contributed by atoms with van der Waals surface area (Å²) in [5, 5.41) is 0. The predicted octanol–water partition coefficient (Wildman–Crippen LogP) is 0.353. The van der Waals surface area contributed by atoms with Crippen LogP contribution in [0.3, 0.4) is 0 Å². The Morgan fingerprint density at radius 3 is 1.86 bits per heavy atom. The van der Waals surface area contributed by atoms with Crippen LogP contribution in [0.15, 0.2) is 0 Å². The van der Waals surface area contributed by atoms with E-state index in [1.807, 2.05) is 0 Å². The molecular weight excluding hydrogens is 278 g/mol. The van der Waals surface area contributed by atoms with Gasteiger partial charge in [-0.3, -0.25) is 4.79 Å². The van der Waals surface area contributed by atoms with Crippen LogP contribution in [-0.4, -0.2) is 72.0 Å². The second-order valence-electron chi connectivity index (χ2n) is 4.84. The van der Waals surface area contributed by atoms with Gasteiger partial charge in [0.1, 0.15) is 5.54 Å². The van der Waals surface area contributed by atoms with Crippen molar-refractivity contribution in [2.24, 2.45) is 5.73 Å². The van der Waals surface area contributed by atoms with Crippen LogP contribution in [0.5, 0.6) is 0 Å². The summed E-state index contributed by atoms with van der Waals surface area (Å²) in [6.45, 7) is 5.48. The third-order valence-corrected chi connectivity index (χ3v) is 2.81. The molecule has 0 aromatic heterocycles. The van der Waals surface area contributed by atoms with Crippen molar-refractivity contribution in [3.05, 3.63) is 0 Å². The standard InChI is InChI=1S/C14H29NO6/c1-14(15,13(16)18-3)5-4-6-19-9-10-21-12-11-20-8-7-17-2/h4-12,15H2,1-3H3. The van der Waals surface area contributed by atoms with Gasteiger partial charge in [0.15, 0.2) is 0 Å². The van der Waals surface area contributed by atoms with E-state index in [2.05, 4.69) is 4.74 Å². The normalized spacial score (nSPS) is 13.9. The number of hydrogen-bond donors (Lipinski definition) is 1. The lowest BCUT2D eigenvalue weighted by atomic mass is 9.98. The number of esters is 1. The average Bonchev–Trinajstić information content (AvgIpc) is 2.47. The molecule has 2 N–H and O–H groups in total. The van der Waals surface area contributed by atoms with E-state index in [4.69, 9.17) is 24.7 Å². The molecule has 0 aliphatic rings. The number of rotatable bonds is 14. The summed E-state index contributed by atoms with van der Waals surface area (Å²) in [4.78, 5) is 11.3. The van der Waals surface area contributed by atoms with E-state index in [9.17, 15) is 4.79 Å². The Morgan fingerprint density at radius 1 is 0.905 bits per heavy atom. The summed E-state index contributed by atoms with van der Waals surface area (Å²) < 4.78 is 25.4. The molecular formula is C14H29NO6. The number of methoxy groups -OCH3 is 2. The van der Waals surface area contributed by atoms with E-state index in [1.165, 1.54) is 7.11 Å². The Hall–Kier alpha value is -0.730. The SMILES string of the molecule is COCCOCCOCCOCCCC(C)(N)C(=O)OC. The minimum Gasteiger partial charge on any atom is -0.468 e. The molecule has 7 heteroatoms. The maximum absolute atomic E-state index is 11.3. The number of ether oxygens (including phenoxy) is 5. The zero-order valence-corrected chi connectivity index (χ0v) is 13.4.